The van der Waals surface area contributed by atoms with Crippen LogP contribution in [0.2, 0.25) is 10.0 Å². The third-order valence-corrected chi connectivity index (χ3v) is 3.93. The van der Waals surface area contributed by atoms with E-state index in [4.69, 9.17) is 23.2 Å². The maximum atomic E-state index is 6.17. The minimum absolute atomic E-state index is 0.665. The highest BCUT2D eigenvalue weighted by Crippen LogP contribution is 2.21. The highest BCUT2D eigenvalue weighted by Gasteiger charge is 2.02. The van der Waals surface area contributed by atoms with E-state index in [9.17, 15) is 0 Å². The van der Waals surface area contributed by atoms with Crippen molar-refractivity contribution in [3.63, 3.8) is 0 Å². The third-order valence-electron chi connectivity index (χ3n) is 3.35. The smallest absolute Gasteiger partial charge is 0.191 e. The molecule has 0 spiro atoms. The number of nitrogens with one attached hydrogen (secondary N) is 2. The van der Waals surface area contributed by atoms with Gasteiger partial charge in [0, 0.05) is 42.6 Å². The summed E-state index contributed by atoms with van der Waals surface area (Å²) in [6, 6.07) is 7.53. The zero-order chi connectivity index (χ0) is 16.5. The molecule has 2 N–H and O–H groups in total. The fraction of sp³-hybridized carbons (Fsp3) is 0.375. The van der Waals surface area contributed by atoms with Crippen molar-refractivity contribution in [2.24, 2.45) is 4.99 Å². The first-order valence-corrected chi connectivity index (χ1v) is 8.30. The molecule has 23 heavy (non-hydrogen) atoms. The second kappa shape index (κ2) is 9.43. The van der Waals surface area contributed by atoms with Crippen molar-refractivity contribution in [1.82, 2.24) is 20.4 Å². The van der Waals surface area contributed by atoms with Gasteiger partial charge in [-0.3, -0.25) is 9.67 Å². The number of aliphatic imine (C=N–C) groups is 1. The van der Waals surface area contributed by atoms with Gasteiger partial charge in [0.2, 0.25) is 0 Å². The molecule has 0 unspecified atom stereocenters. The Bertz CT molecular complexity index is 625. The van der Waals surface area contributed by atoms with E-state index < -0.39 is 0 Å². The van der Waals surface area contributed by atoms with E-state index >= 15 is 0 Å². The van der Waals surface area contributed by atoms with Gasteiger partial charge in [-0.15, -0.1) is 0 Å². The maximum Gasteiger partial charge on any atom is 0.191 e. The molecule has 0 atom stereocenters. The fourth-order valence-electron chi connectivity index (χ4n) is 2.15. The van der Waals surface area contributed by atoms with Gasteiger partial charge in [-0.05, 0) is 36.6 Å². The average Bonchev–Trinajstić information content (AvgIpc) is 3.04. The quantitative estimate of drug-likeness (QED) is 0.457. The lowest BCUT2D eigenvalue weighted by Gasteiger charge is -2.12. The molecule has 0 bridgehead atoms. The number of rotatable bonds is 7. The Morgan fingerprint density at radius 3 is 2.78 bits per heavy atom. The molecule has 5 nitrogen and oxygen atoms in total. The summed E-state index contributed by atoms with van der Waals surface area (Å²) in [6.45, 7) is 2.39. The number of aromatic nitrogens is 2. The van der Waals surface area contributed by atoms with Crippen LogP contribution in [-0.2, 0) is 13.0 Å². The van der Waals surface area contributed by atoms with Crippen molar-refractivity contribution in [2.45, 2.75) is 19.4 Å². The van der Waals surface area contributed by atoms with Gasteiger partial charge in [0.15, 0.2) is 5.96 Å². The van der Waals surface area contributed by atoms with Crippen molar-refractivity contribution in [2.75, 3.05) is 20.1 Å². The van der Waals surface area contributed by atoms with Gasteiger partial charge in [0.25, 0.3) is 0 Å². The number of nitrogens with zero attached hydrogens (tertiary/aromatic N) is 3. The predicted molar refractivity (Wildman–Crippen MR) is 96.4 cm³/mol. The van der Waals surface area contributed by atoms with Crippen LogP contribution in [0, 0.1) is 0 Å². The molecule has 0 aliphatic carbocycles. The predicted octanol–water partition coefficient (Wildman–Crippen LogP) is 2.99. The molecule has 1 heterocycles. The second-order valence-electron chi connectivity index (χ2n) is 5.03. The highest BCUT2D eigenvalue weighted by atomic mass is 35.5. The van der Waals surface area contributed by atoms with Crippen LogP contribution in [0.4, 0.5) is 0 Å². The first-order chi connectivity index (χ1) is 11.2. The van der Waals surface area contributed by atoms with Crippen molar-refractivity contribution in [1.29, 1.82) is 0 Å². The highest BCUT2D eigenvalue weighted by molar-refractivity contribution is 6.35. The number of hydrogen-bond donors (Lipinski definition) is 2. The van der Waals surface area contributed by atoms with Crippen LogP contribution in [0.25, 0.3) is 0 Å². The van der Waals surface area contributed by atoms with E-state index in [-0.39, 0.29) is 0 Å². The number of benzene rings is 1. The zero-order valence-electron chi connectivity index (χ0n) is 13.1. The van der Waals surface area contributed by atoms with E-state index in [1.807, 2.05) is 29.1 Å². The van der Waals surface area contributed by atoms with E-state index in [2.05, 4.69) is 20.7 Å². The standard InChI is InChI=1S/C16H21Cl2N5/c1-19-16(21-9-11-23-10-3-8-22-23)20-7-2-4-13-5-6-14(17)12-15(13)18/h3,5-6,8,10,12H,2,4,7,9,11H2,1H3,(H2,19,20,21). The Balaban J connectivity index is 1.65. The minimum atomic E-state index is 0.665. The summed E-state index contributed by atoms with van der Waals surface area (Å²) in [7, 11) is 1.76. The summed E-state index contributed by atoms with van der Waals surface area (Å²) in [6.07, 6.45) is 5.57. The Kier molecular flexibility index (Phi) is 7.23. The van der Waals surface area contributed by atoms with Crippen LogP contribution in [0.1, 0.15) is 12.0 Å². The fourth-order valence-corrected chi connectivity index (χ4v) is 2.66. The molecule has 0 fully saturated rings. The van der Waals surface area contributed by atoms with Gasteiger partial charge >= 0.3 is 0 Å². The summed E-state index contributed by atoms with van der Waals surface area (Å²) in [5.41, 5.74) is 1.11. The Hall–Kier alpha value is -1.72. The molecule has 0 amide bonds. The molecule has 124 valence electrons. The number of aryl methyl sites for hydroxylation is 1. The molecule has 1 aromatic heterocycles. The summed E-state index contributed by atoms with van der Waals surface area (Å²) < 4.78 is 1.88. The van der Waals surface area contributed by atoms with Gasteiger partial charge in [-0.1, -0.05) is 29.3 Å². The van der Waals surface area contributed by atoms with Crippen molar-refractivity contribution in [3.8, 4) is 0 Å². The van der Waals surface area contributed by atoms with Gasteiger partial charge in [0.05, 0.1) is 6.54 Å². The van der Waals surface area contributed by atoms with Gasteiger partial charge < -0.3 is 10.6 Å². The molecular formula is C16H21Cl2N5. The van der Waals surface area contributed by atoms with E-state index in [1.165, 1.54) is 0 Å². The average molecular weight is 354 g/mol. The van der Waals surface area contributed by atoms with Gasteiger partial charge in [-0.2, -0.15) is 5.10 Å². The largest absolute Gasteiger partial charge is 0.356 e. The van der Waals surface area contributed by atoms with Crippen LogP contribution in [-0.4, -0.2) is 35.9 Å². The summed E-state index contributed by atoms with van der Waals surface area (Å²) >= 11 is 12.1. The van der Waals surface area contributed by atoms with Crippen LogP contribution >= 0.6 is 23.2 Å². The molecule has 0 aliphatic heterocycles. The van der Waals surface area contributed by atoms with Gasteiger partial charge in [-0.25, -0.2) is 0 Å². The van der Waals surface area contributed by atoms with E-state index in [1.54, 1.807) is 19.3 Å². The van der Waals surface area contributed by atoms with Crippen LogP contribution in [0.5, 0.6) is 0 Å². The van der Waals surface area contributed by atoms with Crippen molar-refractivity contribution in [3.05, 3.63) is 52.3 Å². The monoisotopic (exact) mass is 353 g/mol. The number of hydrogen-bond acceptors (Lipinski definition) is 2. The molecule has 1 aromatic carbocycles. The number of guanidine groups is 1. The normalized spacial score (nSPS) is 11.5. The van der Waals surface area contributed by atoms with E-state index in [0.717, 1.165) is 49.0 Å². The summed E-state index contributed by atoms with van der Waals surface area (Å²) in [5.74, 6) is 0.791. The summed E-state index contributed by atoms with van der Waals surface area (Å²) in [4.78, 5) is 4.20. The van der Waals surface area contributed by atoms with Crippen LogP contribution in [0.3, 0.4) is 0 Å². The van der Waals surface area contributed by atoms with E-state index in [0.29, 0.717) is 5.02 Å². The molecule has 7 heteroatoms. The minimum Gasteiger partial charge on any atom is -0.356 e. The van der Waals surface area contributed by atoms with Crippen LogP contribution < -0.4 is 10.6 Å². The van der Waals surface area contributed by atoms with Crippen molar-refractivity contribution >= 4 is 29.2 Å². The lowest BCUT2D eigenvalue weighted by Crippen LogP contribution is -2.39. The second-order valence-corrected chi connectivity index (χ2v) is 5.88. The molecule has 0 saturated carbocycles. The lowest BCUT2D eigenvalue weighted by molar-refractivity contribution is 0.597. The molecule has 2 aromatic rings. The first-order valence-electron chi connectivity index (χ1n) is 7.55. The Labute approximate surface area is 146 Å². The third kappa shape index (κ3) is 6.12. The Morgan fingerprint density at radius 1 is 1.26 bits per heavy atom. The van der Waals surface area contributed by atoms with Crippen molar-refractivity contribution < 1.29 is 0 Å². The summed E-state index contributed by atoms with van der Waals surface area (Å²) in [5, 5.41) is 12.1. The molecule has 0 aliphatic rings. The first kappa shape index (κ1) is 17.6. The maximum absolute atomic E-state index is 6.17. The Morgan fingerprint density at radius 2 is 2.09 bits per heavy atom. The lowest BCUT2D eigenvalue weighted by atomic mass is 10.1. The number of halogens is 2. The molecule has 2 rings (SSSR count). The molecule has 0 radical (unpaired) electrons. The zero-order valence-corrected chi connectivity index (χ0v) is 14.6. The SMILES string of the molecule is CN=C(NCCCc1ccc(Cl)cc1Cl)NCCn1cccn1. The molecule has 0 saturated heterocycles. The van der Waals surface area contributed by atoms with Crippen LogP contribution in [0.15, 0.2) is 41.7 Å². The topological polar surface area (TPSA) is 54.2 Å². The molecular weight excluding hydrogens is 333 g/mol. The van der Waals surface area contributed by atoms with Gasteiger partial charge in [0.1, 0.15) is 0 Å².